The molecule has 0 heterocycles. The minimum Gasteiger partial charge on any atom is -0.481 e. The van der Waals surface area contributed by atoms with Gasteiger partial charge in [-0.15, -0.1) is 0 Å². The van der Waals surface area contributed by atoms with E-state index in [1.165, 1.54) is 19.3 Å². The molecule has 0 spiro atoms. The molecule has 3 aliphatic carbocycles. The minimum atomic E-state index is -0.703. The van der Waals surface area contributed by atoms with Gasteiger partial charge in [-0.1, -0.05) is 19.3 Å². The fourth-order valence-corrected chi connectivity index (χ4v) is 4.94. The van der Waals surface area contributed by atoms with Crippen molar-refractivity contribution in [3.63, 3.8) is 0 Å². The number of rotatable bonds is 9. The van der Waals surface area contributed by atoms with Crippen LogP contribution < -0.4 is 5.32 Å². The number of carboxylic acid groups (broad SMARTS) is 1. The van der Waals surface area contributed by atoms with Gasteiger partial charge in [0.25, 0.3) is 0 Å². The molecule has 4 heteroatoms. The van der Waals surface area contributed by atoms with Crippen LogP contribution >= 0.6 is 0 Å². The zero-order valence-corrected chi connectivity index (χ0v) is 12.7. The van der Waals surface area contributed by atoms with Crippen LogP contribution in [-0.4, -0.2) is 23.5 Å². The molecule has 3 saturated carbocycles. The standard InChI is InChI=1S/C17H27NO3/c19-13(20)6-4-2-1-3-5-9-18-17(21)16-14-11-7-8-12(10-11)15(14)16/h11-12,14-16H,1-10H2,(H,18,21)(H,19,20). The molecule has 0 aliphatic heterocycles. The number of carboxylic acids is 1. The lowest BCUT2D eigenvalue weighted by atomic mass is 10.0. The van der Waals surface area contributed by atoms with Crippen molar-refractivity contribution in [3.05, 3.63) is 0 Å². The molecule has 0 saturated heterocycles. The number of carbonyl (C=O) groups is 2. The van der Waals surface area contributed by atoms with Crippen LogP contribution in [0, 0.1) is 29.6 Å². The molecule has 3 fully saturated rings. The first-order chi connectivity index (χ1) is 10.2. The Hall–Kier alpha value is -1.06. The second kappa shape index (κ2) is 6.37. The summed E-state index contributed by atoms with van der Waals surface area (Å²) in [6.45, 7) is 0.795. The summed E-state index contributed by atoms with van der Waals surface area (Å²) in [5, 5.41) is 11.7. The van der Waals surface area contributed by atoms with Crippen molar-refractivity contribution < 1.29 is 14.7 Å². The van der Waals surface area contributed by atoms with Gasteiger partial charge in [0.1, 0.15) is 0 Å². The van der Waals surface area contributed by atoms with Gasteiger partial charge in [-0.05, 0) is 55.8 Å². The van der Waals surface area contributed by atoms with E-state index in [9.17, 15) is 9.59 Å². The summed E-state index contributed by atoms with van der Waals surface area (Å²) in [6, 6.07) is 0. The van der Waals surface area contributed by atoms with Crippen LogP contribution in [0.25, 0.3) is 0 Å². The van der Waals surface area contributed by atoms with Crippen molar-refractivity contribution in [1.82, 2.24) is 5.32 Å². The molecule has 4 unspecified atom stereocenters. The van der Waals surface area contributed by atoms with Gasteiger partial charge >= 0.3 is 5.97 Å². The van der Waals surface area contributed by atoms with Crippen LogP contribution in [0.5, 0.6) is 0 Å². The number of aliphatic carboxylic acids is 1. The van der Waals surface area contributed by atoms with Gasteiger partial charge in [-0.3, -0.25) is 9.59 Å². The quantitative estimate of drug-likeness (QED) is 0.642. The van der Waals surface area contributed by atoms with Crippen LogP contribution in [0.4, 0.5) is 0 Å². The Morgan fingerprint density at radius 2 is 1.57 bits per heavy atom. The van der Waals surface area contributed by atoms with E-state index in [4.69, 9.17) is 5.11 Å². The SMILES string of the molecule is O=C(O)CCCCCCCNC(=O)C1C2C3CCC(C3)C12. The van der Waals surface area contributed by atoms with Crippen molar-refractivity contribution in [2.24, 2.45) is 29.6 Å². The zero-order chi connectivity index (χ0) is 14.8. The fraction of sp³-hybridized carbons (Fsp3) is 0.882. The van der Waals surface area contributed by atoms with Crippen LogP contribution in [-0.2, 0) is 9.59 Å². The van der Waals surface area contributed by atoms with Gasteiger partial charge in [0.05, 0.1) is 0 Å². The molecular formula is C17H27NO3. The second-order valence-electron chi connectivity index (χ2n) is 7.22. The summed E-state index contributed by atoms with van der Waals surface area (Å²) in [5.74, 6) is 3.17. The highest BCUT2D eigenvalue weighted by Crippen LogP contribution is 2.69. The van der Waals surface area contributed by atoms with Gasteiger partial charge in [0, 0.05) is 18.9 Å². The van der Waals surface area contributed by atoms with E-state index in [1.54, 1.807) is 0 Å². The number of unbranched alkanes of at least 4 members (excludes halogenated alkanes) is 4. The van der Waals surface area contributed by atoms with Gasteiger partial charge < -0.3 is 10.4 Å². The number of nitrogens with one attached hydrogen (secondary N) is 1. The molecule has 3 rings (SSSR count). The third-order valence-electron chi connectivity index (χ3n) is 5.90. The first kappa shape index (κ1) is 14.9. The molecule has 4 atom stereocenters. The molecule has 118 valence electrons. The van der Waals surface area contributed by atoms with Crippen LogP contribution in [0.15, 0.2) is 0 Å². The molecule has 0 aromatic rings. The summed E-state index contributed by atoms with van der Waals surface area (Å²) in [6.07, 6.45) is 9.35. The van der Waals surface area contributed by atoms with Crippen LogP contribution in [0.1, 0.15) is 57.8 Å². The van der Waals surface area contributed by atoms with Crippen molar-refractivity contribution >= 4 is 11.9 Å². The van der Waals surface area contributed by atoms with Gasteiger partial charge in [-0.2, -0.15) is 0 Å². The Morgan fingerprint density at radius 3 is 2.24 bits per heavy atom. The molecule has 0 radical (unpaired) electrons. The molecular weight excluding hydrogens is 266 g/mol. The number of amides is 1. The van der Waals surface area contributed by atoms with E-state index in [0.717, 1.165) is 62.3 Å². The lowest BCUT2D eigenvalue weighted by Gasteiger charge is -2.09. The maximum atomic E-state index is 12.2. The van der Waals surface area contributed by atoms with E-state index < -0.39 is 5.97 Å². The monoisotopic (exact) mass is 293 g/mol. The summed E-state index contributed by atoms with van der Waals surface area (Å²) < 4.78 is 0. The van der Waals surface area contributed by atoms with Gasteiger partial charge in [0.2, 0.25) is 5.91 Å². The third-order valence-corrected chi connectivity index (χ3v) is 5.90. The summed E-state index contributed by atoms with van der Waals surface area (Å²) in [4.78, 5) is 22.5. The molecule has 2 bridgehead atoms. The molecule has 0 aromatic carbocycles. The second-order valence-corrected chi connectivity index (χ2v) is 7.22. The molecule has 1 amide bonds. The Balaban J connectivity index is 1.21. The number of hydrogen-bond acceptors (Lipinski definition) is 2. The average Bonchev–Trinajstić information content (AvgIpc) is 2.90. The van der Waals surface area contributed by atoms with Crippen molar-refractivity contribution in [1.29, 1.82) is 0 Å². The van der Waals surface area contributed by atoms with Gasteiger partial charge in [-0.25, -0.2) is 0 Å². The summed E-state index contributed by atoms with van der Waals surface area (Å²) in [5.41, 5.74) is 0. The fourth-order valence-electron chi connectivity index (χ4n) is 4.94. The maximum absolute atomic E-state index is 12.2. The zero-order valence-electron chi connectivity index (χ0n) is 12.7. The Bertz CT molecular complexity index is 393. The smallest absolute Gasteiger partial charge is 0.303 e. The first-order valence-electron chi connectivity index (χ1n) is 8.68. The lowest BCUT2D eigenvalue weighted by Crippen LogP contribution is -2.28. The van der Waals surface area contributed by atoms with Crippen molar-refractivity contribution in [3.8, 4) is 0 Å². The number of carbonyl (C=O) groups excluding carboxylic acids is 1. The van der Waals surface area contributed by atoms with E-state index >= 15 is 0 Å². The van der Waals surface area contributed by atoms with E-state index in [0.29, 0.717) is 11.8 Å². The Kier molecular flexibility index (Phi) is 4.51. The highest BCUT2D eigenvalue weighted by molar-refractivity contribution is 5.82. The molecule has 2 N–H and O–H groups in total. The summed E-state index contributed by atoms with van der Waals surface area (Å²) >= 11 is 0. The van der Waals surface area contributed by atoms with E-state index in [-0.39, 0.29) is 6.42 Å². The number of hydrogen-bond donors (Lipinski definition) is 2. The number of fused-ring (bicyclic) bond motifs is 5. The maximum Gasteiger partial charge on any atom is 0.303 e. The predicted molar refractivity (Wildman–Crippen MR) is 79.6 cm³/mol. The largest absolute Gasteiger partial charge is 0.481 e. The highest BCUT2D eigenvalue weighted by Gasteiger charge is 2.67. The van der Waals surface area contributed by atoms with Crippen LogP contribution in [0.2, 0.25) is 0 Å². The normalized spacial score (nSPS) is 35.5. The Labute approximate surface area is 126 Å². The summed E-state index contributed by atoms with van der Waals surface area (Å²) in [7, 11) is 0. The topological polar surface area (TPSA) is 66.4 Å². The average molecular weight is 293 g/mol. The lowest BCUT2D eigenvalue weighted by molar-refractivity contribution is -0.137. The van der Waals surface area contributed by atoms with Crippen molar-refractivity contribution in [2.45, 2.75) is 57.8 Å². The van der Waals surface area contributed by atoms with Gasteiger partial charge in [0.15, 0.2) is 0 Å². The van der Waals surface area contributed by atoms with E-state index in [2.05, 4.69) is 5.32 Å². The minimum absolute atomic E-state index is 0.281. The predicted octanol–water partition coefficient (Wildman–Crippen LogP) is 2.82. The molecule has 0 aromatic heterocycles. The third kappa shape index (κ3) is 3.24. The Morgan fingerprint density at radius 1 is 0.952 bits per heavy atom. The van der Waals surface area contributed by atoms with Crippen molar-refractivity contribution in [2.75, 3.05) is 6.54 Å². The molecule has 3 aliphatic rings. The first-order valence-corrected chi connectivity index (χ1v) is 8.68. The highest BCUT2D eigenvalue weighted by atomic mass is 16.4. The molecule has 4 nitrogen and oxygen atoms in total. The van der Waals surface area contributed by atoms with E-state index in [1.807, 2.05) is 0 Å². The van der Waals surface area contributed by atoms with Crippen LogP contribution in [0.3, 0.4) is 0 Å². The molecule has 21 heavy (non-hydrogen) atoms.